The number of nitrogens with one attached hydrogen (secondary N) is 1. The lowest BCUT2D eigenvalue weighted by Gasteiger charge is -2.08. The zero-order chi connectivity index (χ0) is 15.6. The van der Waals surface area contributed by atoms with Crippen molar-refractivity contribution in [2.45, 2.75) is 4.90 Å². The summed E-state index contributed by atoms with van der Waals surface area (Å²) in [4.78, 5) is 10.1. The highest BCUT2D eigenvalue weighted by molar-refractivity contribution is 7.92. The van der Waals surface area contributed by atoms with Crippen LogP contribution < -0.4 is 10.5 Å². The molecule has 0 spiro atoms. The molecule has 0 radical (unpaired) electrons. The van der Waals surface area contributed by atoms with Crippen molar-refractivity contribution in [2.24, 2.45) is 0 Å². The molecular weight excluding hydrogens is 318 g/mol. The van der Waals surface area contributed by atoms with E-state index < -0.39 is 14.9 Å². The number of nitro benzene ring substituents is 1. The third kappa shape index (κ3) is 3.41. The fourth-order valence-corrected chi connectivity index (χ4v) is 2.96. The molecule has 3 N–H and O–H groups in total. The van der Waals surface area contributed by atoms with Crippen molar-refractivity contribution in [3.63, 3.8) is 0 Å². The number of nitro groups is 1. The maximum Gasteiger partial charge on any atom is 0.294 e. The van der Waals surface area contributed by atoms with Crippen LogP contribution in [-0.2, 0) is 10.0 Å². The molecule has 0 bridgehead atoms. The van der Waals surface area contributed by atoms with Gasteiger partial charge in [-0.1, -0.05) is 17.7 Å². The van der Waals surface area contributed by atoms with Gasteiger partial charge >= 0.3 is 0 Å². The minimum atomic E-state index is -3.89. The van der Waals surface area contributed by atoms with E-state index >= 15 is 0 Å². The highest BCUT2D eigenvalue weighted by Crippen LogP contribution is 2.27. The zero-order valence-corrected chi connectivity index (χ0v) is 12.1. The highest BCUT2D eigenvalue weighted by atomic mass is 35.5. The molecule has 0 atom stereocenters. The van der Waals surface area contributed by atoms with Crippen LogP contribution in [0.2, 0.25) is 5.02 Å². The molecule has 21 heavy (non-hydrogen) atoms. The number of anilines is 2. The van der Waals surface area contributed by atoms with Gasteiger partial charge in [0, 0.05) is 11.1 Å². The van der Waals surface area contributed by atoms with Crippen LogP contribution in [-0.4, -0.2) is 13.3 Å². The number of nitrogens with zero attached hydrogens (tertiary/aromatic N) is 1. The highest BCUT2D eigenvalue weighted by Gasteiger charge is 2.17. The topological polar surface area (TPSA) is 115 Å². The van der Waals surface area contributed by atoms with Gasteiger partial charge in [0.1, 0.15) is 5.69 Å². The van der Waals surface area contributed by atoms with Crippen molar-refractivity contribution in [1.29, 1.82) is 0 Å². The molecule has 0 saturated carbocycles. The Hall–Kier alpha value is -2.32. The van der Waals surface area contributed by atoms with Crippen LogP contribution in [0, 0.1) is 10.1 Å². The minimum Gasteiger partial charge on any atom is -0.393 e. The first-order chi connectivity index (χ1) is 9.79. The van der Waals surface area contributed by atoms with Gasteiger partial charge in [-0.2, -0.15) is 0 Å². The fourth-order valence-electron chi connectivity index (χ4n) is 1.61. The molecule has 2 rings (SSSR count). The summed E-state index contributed by atoms with van der Waals surface area (Å²) in [5, 5.41) is 11.1. The van der Waals surface area contributed by atoms with Gasteiger partial charge < -0.3 is 5.73 Å². The Morgan fingerprint density at radius 3 is 2.52 bits per heavy atom. The Balaban J connectivity index is 2.37. The molecule has 2 aromatic carbocycles. The summed E-state index contributed by atoms with van der Waals surface area (Å²) in [5.41, 5.74) is 5.06. The molecule has 0 unspecified atom stereocenters. The maximum atomic E-state index is 12.1. The van der Waals surface area contributed by atoms with Crippen molar-refractivity contribution < 1.29 is 13.3 Å². The second kappa shape index (κ2) is 5.58. The first-order valence-electron chi connectivity index (χ1n) is 5.62. The van der Waals surface area contributed by atoms with E-state index in [1.807, 2.05) is 0 Å². The van der Waals surface area contributed by atoms with Gasteiger partial charge in [0.2, 0.25) is 0 Å². The van der Waals surface area contributed by atoms with E-state index in [0.29, 0.717) is 0 Å². The summed E-state index contributed by atoms with van der Waals surface area (Å²) in [7, 11) is -3.89. The summed E-state index contributed by atoms with van der Waals surface area (Å²) < 4.78 is 26.5. The van der Waals surface area contributed by atoms with Gasteiger partial charge in [0.25, 0.3) is 15.7 Å². The zero-order valence-electron chi connectivity index (χ0n) is 10.5. The number of hydrogen-bond donors (Lipinski definition) is 2. The van der Waals surface area contributed by atoms with Crippen LogP contribution >= 0.6 is 11.6 Å². The van der Waals surface area contributed by atoms with Crippen LogP contribution in [0.1, 0.15) is 0 Å². The summed E-state index contributed by atoms with van der Waals surface area (Å²) in [6, 6.07) is 9.31. The number of hydrogen-bond acceptors (Lipinski definition) is 5. The van der Waals surface area contributed by atoms with E-state index in [-0.39, 0.29) is 27.0 Å². The van der Waals surface area contributed by atoms with Gasteiger partial charge in [-0.25, -0.2) is 8.42 Å². The van der Waals surface area contributed by atoms with Crippen LogP contribution in [0.5, 0.6) is 0 Å². The molecule has 0 heterocycles. The Kier molecular flexibility index (Phi) is 4.01. The minimum absolute atomic E-state index is 0.0378. The number of rotatable bonds is 4. The number of halogens is 1. The van der Waals surface area contributed by atoms with Gasteiger partial charge in [-0.15, -0.1) is 0 Å². The first-order valence-corrected chi connectivity index (χ1v) is 7.48. The lowest BCUT2D eigenvalue weighted by Crippen LogP contribution is -2.13. The monoisotopic (exact) mass is 327 g/mol. The molecule has 0 aliphatic carbocycles. The average Bonchev–Trinajstić information content (AvgIpc) is 2.40. The van der Waals surface area contributed by atoms with Crippen LogP contribution in [0.15, 0.2) is 47.4 Å². The lowest BCUT2D eigenvalue weighted by atomic mass is 10.2. The van der Waals surface area contributed by atoms with Gasteiger partial charge in [0.05, 0.1) is 15.5 Å². The smallest absolute Gasteiger partial charge is 0.294 e. The predicted molar refractivity (Wildman–Crippen MR) is 79.8 cm³/mol. The number of nitrogens with two attached hydrogens (primary N) is 1. The van der Waals surface area contributed by atoms with E-state index in [1.54, 1.807) is 0 Å². The lowest BCUT2D eigenvalue weighted by molar-refractivity contribution is -0.383. The van der Waals surface area contributed by atoms with E-state index in [1.165, 1.54) is 36.4 Å². The van der Waals surface area contributed by atoms with Gasteiger partial charge in [-0.05, 0) is 30.3 Å². The van der Waals surface area contributed by atoms with E-state index in [9.17, 15) is 18.5 Å². The Labute approximate surface area is 125 Å². The normalized spacial score (nSPS) is 11.1. The van der Waals surface area contributed by atoms with Crippen molar-refractivity contribution >= 4 is 38.7 Å². The Morgan fingerprint density at radius 2 is 1.90 bits per heavy atom. The molecule has 0 aliphatic heterocycles. The predicted octanol–water partition coefficient (Wildman–Crippen LogP) is 2.63. The molecule has 9 heteroatoms. The van der Waals surface area contributed by atoms with E-state index in [0.717, 1.165) is 6.07 Å². The quantitative estimate of drug-likeness (QED) is 0.508. The number of sulfonamides is 1. The van der Waals surface area contributed by atoms with E-state index in [4.69, 9.17) is 17.3 Å². The Bertz CT molecular complexity index is 808. The molecule has 0 aliphatic rings. The maximum absolute atomic E-state index is 12.1. The summed E-state index contributed by atoms with van der Waals surface area (Å²) >= 11 is 5.74. The summed E-state index contributed by atoms with van der Waals surface area (Å²) in [5.74, 6) is 0. The van der Waals surface area contributed by atoms with Crippen LogP contribution in [0.4, 0.5) is 17.1 Å². The fraction of sp³-hybridized carbons (Fsp3) is 0. The largest absolute Gasteiger partial charge is 0.393 e. The summed E-state index contributed by atoms with van der Waals surface area (Å²) in [6.45, 7) is 0. The SMILES string of the molecule is Nc1ccc(NS(=O)(=O)c2cccc(Cl)c2)cc1[N+](=O)[O-]. The molecule has 0 aromatic heterocycles. The summed E-state index contributed by atoms with van der Waals surface area (Å²) in [6.07, 6.45) is 0. The molecule has 0 amide bonds. The third-order valence-electron chi connectivity index (χ3n) is 2.59. The average molecular weight is 328 g/mol. The second-order valence-corrected chi connectivity index (χ2v) is 6.21. The Morgan fingerprint density at radius 1 is 1.19 bits per heavy atom. The first kappa shape index (κ1) is 15.1. The number of benzene rings is 2. The third-order valence-corrected chi connectivity index (χ3v) is 4.20. The molecule has 2 aromatic rings. The van der Waals surface area contributed by atoms with Crippen molar-refractivity contribution in [3.05, 3.63) is 57.6 Å². The second-order valence-electron chi connectivity index (χ2n) is 4.09. The van der Waals surface area contributed by atoms with Crippen LogP contribution in [0.3, 0.4) is 0 Å². The van der Waals surface area contributed by atoms with Crippen LogP contribution in [0.25, 0.3) is 0 Å². The van der Waals surface area contributed by atoms with Crippen molar-refractivity contribution in [3.8, 4) is 0 Å². The van der Waals surface area contributed by atoms with Crippen molar-refractivity contribution in [2.75, 3.05) is 10.5 Å². The van der Waals surface area contributed by atoms with Crippen molar-refractivity contribution in [1.82, 2.24) is 0 Å². The molecule has 0 fully saturated rings. The molecule has 110 valence electrons. The number of nitrogen functional groups attached to an aromatic ring is 1. The standard InChI is InChI=1S/C12H10ClN3O4S/c13-8-2-1-3-10(6-8)21(19,20)15-9-4-5-11(14)12(7-9)16(17)18/h1-7,15H,14H2. The van der Waals surface area contributed by atoms with Gasteiger partial charge in [0.15, 0.2) is 0 Å². The molecule has 0 saturated heterocycles. The molecule has 7 nitrogen and oxygen atoms in total. The van der Waals surface area contributed by atoms with Gasteiger partial charge in [-0.3, -0.25) is 14.8 Å². The van der Waals surface area contributed by atoms with E-state index in [2.05, 4.69) is 4.72 Å². The molecular formula is C12H10ClN3O4S.